The van der Waals surface area contributed by atoms with E-state index >= 15 is 0 Å². The molecule has 0 aromatic heterocycles. The maximum absolute atomic E-state index is 12.3. The molecule has 2 rings (SSSR count). The van der Waals surface area contributed by atoms with Gasteiger partial charge in [0, 0.05) is 26.1 Å². The highest BCUT2D eigenvalue weighted by molar-refractivity contribution is 5.84. The Morgan fingerprint density at radius 2 is 2.05 bits per heavy atom. The van der Waals surface area contributed by atoms with Crippen LogP contribution in [0.15, 0.2) is 24.3 Å². The maximum Gasteiger partial charge on any atom is 0.241 e. The van der Waals surface area contributed by atoms with Crippen molar-refractivity contribution in [3.63, 3.8) is 0 Å². The van der Waals surface area contributed by atoms with Crippen LogP contribution in [0.4, 0.5) is 0 Å². The SMILES string of the molecule is CCCNC(=O)CCNC(=O)C1NCCc2ccccc21. The van der Waals surface area contributed by atoms with E-state index in [2.05, 4.69) is 22.0 Å². The highest BCUT2D eigenvalue weighted by Gasteiger charge is 2.25. The van der Waals surface area contributed by atoms with E-state index in [1.807, 2.05) is 25.1 Å². The Balaban J connectivity index is 1.83. The number of fused-ring (bicyclic) bond motifs is 1. The van der Waals surface area contributed by atoms with Gasteiger partial charge in [0.15, 0.2) is 0 Å². The molecule has 5 heteroatoms. The molecule has 114 valence electrons. The quantitative estimate of drug-likeness (QED) is 0.729. The van der Waals surface area contributed by atoms with E-state index in [-0.39, 0.29) is 17.9 Å². The molecule has 0 spiro atoms. The zero-order valence-electron chi connectivity index (χ0n) is 12.4. The van der Waals surface area contributed by atoms with Gasteiger partial charge < -0.3 is 16.0 Å². The van der Waals surface area contributed by atoms with Crippen LogP contribution in [0.1, 0.15) is 36.9 Å². The van der Waals surface area contributed by atoms with Gasteiger partial charge >= 0.3 is 0 Å². The van der Waals surface area contributed by atoms with Crippen molar-refractivity contribution in [2.45, 2.75) is 32.2 Å². The van der Waals surface area contributed by atoms with Gasteiger partial charge in [0.05, 0.1) is 0 Å². The average molecular weight is 289 g/mol. The Hall–Kier alpha value is -1.88. The Labute approximate surface area is 125 Å². The lowest BCUT2D eigenvalue weighted by atomic mass is 9.94. The van der Waals surface area contributed by atoms with E-state index in [1.165, 1.54) is 5.56 Å². The molecule has 1 unspecified atom stereocenters. The lowest BCUT2D eigenvalue weighted by Crippen LogP contribution is -2.42. The summed E-state index contributed by atoms with van der Waals surface area (Å²) in [6.45, 7) is 3.86. The second-order valence-corrected chi connectivity index (χ2v) is 5.23. The molecule has 2 amide bonds. The standard InChI is InChI=1S/C16H23N3O2/c1-2-9-17-14(20)8-11-19-16(21)15-13-6-4-3-5-12(13)7-10-18-15/h3-6,15,18H,2,7-11H2,1H3,(H,17,20)(H,19,21). The van der Waals surface area contributed by atoms with Gasteiger partial charge in [-0.3, -0.25) is 9.59 Å². The number of benzene rings is 1. The van der Waals surface area contributed by atoms with Gasteiger partial charge in [-0.15, -0.1) is 0 Å². The second-order valence-electron chi connectivity index (χ2n) is 5.23. The van der Waals surface area contributed by atoms with Gasteiger partial charge in [-0.1, -0.05) is 31.2 Å². The van der Waals surface area contributed by atoms with Crippen LogP contribution < -0.4 is 16.0 Å². The number of hydrogen-bond acceptors (Lipinski definition) is 3. The number of hydrogen-bond donors (Lipinski definition) is 3. The molecule has 0 fully saturated rings. The molecule has 1 aromatic carbocycles. The molecule has 1 aromatic rings. The van der Waals surface area contributed by atoms with E-state index in [0.29, 0.717) is 19.5 Å². The first kappa shape index (κ1) is 15.5. The smallest absolute Gasteiger partial charge is 0.241 e. The first-order valence-electron chi connectivity index (χ1n) is 7.58. The van der Waals surface area contributed by atoms with E-state index in [9.17, 15) is 9.59 Å². The monoisotopic (exact) mass is 289 g/mol. The van der Waals surface area contributed by atoms with Gasteiger partial charge in [-0.25, -0.2) is 0 Å². The Kier molecular flexibility index (Phi) is 5.75. The number of amides is 2. The minimum absolute atomic E-state index is 0.0193. The summed E-state index contributed by atoms with van der Waals surface area (Å²) in [5.41, 5.74) is 2.26. The van der Waals surface area contributed by atoms with Gasteiger partial charge in [-0.05, 0) is 24.0 Å². The van der Waals surface area contributed by atoms with Crippen LogP contribution in [0.2, 0.25) is 0 Å². The lowest BCUT2D eigenvalue weighted by molar-refractivity contribution is -0.124. The van der Waals surface area contributed by atoms with Crippen molar-refractivity contribution in [2.75, 3.05) is 19.6 Å². The molecule has 0 radical (unpaired) electrons. The second kappa shape index (κ2) is 7.78. The van der Waals surface area contributed by atoms with E-state index in [1.54, 1.807) is 0 Å². The van der Waals surface area contributed by atoms with Crippen molar-refractivity contribution < 1.29 is 9.59 Å². The van der Waals surface area contributed by atoms with Crippen molar-refractivity contribution in [1.82, 2.24) is 16.0 Å². The van der Waals surface area contributed by atoms with Crippen LogP contribution in [-0.2, 0) is 16.0 Å². The van der Waals surface area contributed by atoms with Crippen LogP contribution in [0.3, 0.4) is 0 Å². The summed E-state index contributed by atoms with van der Waals surface area (Å²) in [4.78, 5) is 23.7. The summed E-state index contributed by atoms with van der Waals surface area (Å²) in [5.74, 6) is -0.0837. The summed E-state index contributed by atoms with van der Waals surface area (Å²) < 4.78 is 0. The number of nitrogens with one attached hydrogen (secondary N) is 3. The van der Waals surface area contributed by atoms with Crippen LogP contribution in [0, 0.1) is 0 Å². The molecule has 1 aliphatic heterocycles. The molecule has 0 bridgehead atoms. The van der Waals surface area contributed by atoms with Gasteiger partial charge in [0.1, 0.15) is 6.04 Å². The van der Waals surface area contributed by atoms with Gasteiger partial charge in [-0.2, -0.15) is 0 Å². The summed E-state index contributed by atoms with van der Waals surface area (Å²) in [6.07, 6.45) is 2.18. The third-order valence-electron chi connectivity index (χ3n) is 3.59. The number of rotatable bonds is 6. The molecule has 3 N–H and O–H groups in total. The molecule has 5 nitrogen and oxygen atoms in total. The van der Waals surface area contributed by atoms with Crippen molar-refractivity contribution in [3.8, 4) is 0 Å². The predicted octanol–water partition coefficient (Wildman–Crippen LogP) is 0.906. The molecule has 1 heterocycles. The molecule has 1 atom stereocenters. The molecular weight excluding hydrogens is 266 g/mol. The molecule has 1 aliphatic rings. The number of carbonyl (C=O) groups excluding carboxylic acids is 2. The third kappa shape index (κ3) is 4.29. The van der Waals surface area contributed by atoms with E-state index in [4.69, 9.17) is 0 Å². The summed E-state index contributed by atoms with van der Waals surface area (Å²) in [7, 11) is 0. The average Bonchev–Trinajstić information content (AvgIpc) is 2.52. The first-order chi connectivity index (χ1) is 10.2. The highest BCUT2D eigenvalue weighted by Crippen LogP contribution is 2.22. The van der Waals surface area contributed by atoms with E-state index in [0.717, 1.165) is 24.9 Å². The maximum atomic E-state index is 12.3. The van der Waals surface area contributed by atoms with Crippen molar-refractivity contribution in [3.05, 3.63) is 35.4 Å². The fourth-order valence-corrected chi connectivity index (χ4v) is 2.49. The summed E-state index contributed by atoms with van der Waals surface area (Å²) in [5, 5.41) is 8.87. The zero-order chi connectivity index (χ0) is 15.1. The minimum Gasteiger partial charge on any atom is -0.356 e. The fourth-order valence-electron chi connectivity index (χ4n) is 2.49. The van der Waals surface area contributed by atoms with Crippen LogP contribution in [-0.4, -0.2) is 31.4 Å². The minimum atomic E-state index is -0.311. The summed E-state index contributed by atoms with van der Waals surface area (Å²) >= 11 is 0. The zero-order valence-corrected chi connectivity index (χ0v) is 12.4. The normalized spacial score (nSPS) is 16.9. The third-order valence-corrected chi connectivity index (χ3v) is 3.59. The van der Waals surface area contributed by atoms with Gasteiger partial charge in [0.25, 0.3) is 0 Å². The van der Waals surface area contributed by atoms with Crippen molar-refractivity contribution >= 4 is 11.8 Å². The Bertz CT molecular complexity index is 502. The molecule has 0 aliphatic carbocycles. The van der Waals surface area contributed by atoms with Crippen LogP contribution >= 0.6 is 0 Å². The summed E-state index contributed by atoms with van der Waals surface area (Å²) in [6, 6.07) is 7.68. The molecule has 0 saturated heterocycles. The number of carbonyl (C=O) groups is 2. The Morgan fingerprint density at radius 3 is 2.86 bits per heavy atom. The largest absolute Gasteiger partial charge is 0.356 e. The molecule has 21 heavy (non-hydrogen) atoms. The predicted molar refractivity (Wildman–Crippen MR) is 81.8 cm³/mol. The lowest BCUT2D eigenvalue weighted by Gasteiger charge is -2.26. The van der Waals surface area contributed by atoms with Gasteiger partial charge in [0.2, 0.25) is 11.8 Å². The van der Waals surface area contributed by atoms with E-state index < -0.39 is 0 Å². The van der Waals surface area contributed by atoms with Crippen LogP contribution in [0.5, 0.6) is 0 Å². The van der Waals surface area contributed by atoms with Crippen molar-refractivity contribution in [1.29, 1.82) is 0 Å². The van der Waals surface area contributed by atoms with Crippen LogP contribution in [0.25, 0.3) is 0 Å². The van der Waals surface area contributed by atoms with Crippen molar-refractivity contribution in [2.24, 2.45) is 0 Å². The highest BCUT2D eigenvalue weighted by atomic mass is 16.2. The fraction of sp³-hybridized carbons (Fsp3) is 0.500. The topological polar surface area (TPSA) is 70.2 Å². The molecule has 0 saturated carbocycles. The molecular formula is C16H23N3O2. The first-order valence-corrected chi connectivity index (χ1v) is 7.58. The Morgan fingerprint density at radius 1 is 1.24 bits per heavy atom.